The van der Waals surface area contributed by atoms with Gasteiger partial charge < -0.3 is 9.88 Å². The summed E-state index contributed by atoms with van der Waals surface area (Å²) in [4.78, 5) is 24.1. The minimum absolute atomic E-state index is 0.358. The van der Waals surface area contributed by atoms with Gasteiger partial charge in [-0.05, 0) is 18.9 Å². The van der Waals surface area contributed by atoms with E-state index in [4.69, 9.17) is 0 Å². The number of hydrogen-bond donors (Lipinski definition) is 2. The molecular weight excluding hydrogens is 350 g/mol. The first kappa shape index (κ1) is 20.0. The van der Waals surface area contributed by atoms with Crippen molar-refractivity contribution in [3.63, 3.8) is 0 Å². The highest BCUT2D eigenvalue weighted by atomic mass is 32.2. The molecule has 0 aliphatic heterocycles. The molecule has 0 radical (unpaired) electrons. The number of carbonyl (C=O) groups is 2. The average Bonchev–Trinajstić information content (AvgIpc) is 3.08. The number of urea groups is 1. The number of aromatic nitrogens is 3. The van der Waals surface area contributed by atoms with Crippen molar-refractivity contribution in [2.45, 2.75) is 56.6 Å². The molecule has 1 aromatic heterocycles. The van der Waals surface area contributed by atoms with Gasteiger partial charge >= 0.3 is 6.03 Å². The molecule has 1 atom stereocenters. The second-order valence-corrected chi connectivity index (χ2v) is 7.24. The van der Waals surface area contributed by atoms with Crippen LogP contribution in [0.2, 0.25) is 0 Å². The molecule has 0 aliphatic rings. The van der Waals surface area contributed by atoms with Gasteiger partial charge in [-0.2, -0.15) is 0 Å². The predicted octanol–water partition coefficient (Wildman–Crippen LogP) is 2.97. The summed E-state index contributed by atoms with van der Waals surface area (Å²) in [5, 5.41) is 13.3. The van der Waals surface area contributed by atoms with Gasteiger partial charge in [0.25, 0.3) is 0 Å². The van der Waals surface area contributed by atoms with Crippen molar-refractivity contribution in [2.24, 2.45) is 0 Å². The quantitative estimate of drug-likeness (QED) is 0.519. The molecular formula is C18H25N5O2S. The molecule has 0 spiro atoms. The molecule has 7 nitrogen and oxygen atoms in total. The second-order valence-electron chi connectivity index (χ2n) is 5.93. The first-order chi connectivity index (χ1) is 12.6. The number of amides is 3. The van der Waals surface area contributed by atoms with E-state index in [0.717, 1.165) is 31.4 Å². The first-order valence-corrected chi connectivity index (χ1v) is 9.65. The normalized spacial score (nSPS) is 11.8. The number of nitrogens with zero attached hydrogens (tertiary/aromatic N) is 3. The van der Waals surface area contributed by atoms with Crippen molar-refractivity contribution >= 4 is 23.7 Å². The lowest BCUT2D eigenvalue weighted by Crippen LogP contribution is -2.42. The van der Waals surface area contributed by atoms with Crippen LogP contribution in [0.1, 0.15) is 38.7 Å². The van der Waals surface area contributed by atoms with Crippen LogP contribution in [-0.2, 0) is 17.9 Å². The zero-order chi connectivity index (χ0) is 18.8. The summed E-state index contributed by atoms with van der Waals surface area (Å²) >= 11 is 1.30. The van der Waals surface area contributed by atoms with E-state index >= 15 is 0 Å². The SMILES string of the molecule is CCCCCn1cnnc1S[C@@H](C)C(=O)NC(=O)NCc1ccccc1. The number of benzene rings is 1. The third-order valence-electron chi connectivity index (χ3n) is 3.77. The highest BCUT2D eigenvalue weighted by Gasteiger charge is 2.19. The summed E-state index contributed by atoms with van der Waals surface area (Å²) in [7, 11) is 0. The smallest absolute Gasteiger partial charge is 0.321 e. The number of imide groups is 1. The molecule has 0 saturated heterocycles. The molecule has 1 aromatic carbocycles. The Labute approximate surface area is 158 Å². The van der Waals surface area contributed by atoms with Gasteiger partial charge in [-0.15, -0.1) is 10.2 Å². The van der Waals surface area contributed by atoms with Crippen LogP contribution in [0.3, 0.4) is 0 Å². The monoisotopic (exact) mass is 375 g/mol. The number of unbranched alkanes of at least 4 members (excludes halogenated alkanes) is 2. The standard InChI is InChI=1S/C18H25N5O2S/c1-3-4-8-11-23-13-20-22-18(23)26-14(2)16(24)21-17(25)19-12-15-9-6-5-7-10-15/h5-7,9-10,13-14H,3-4,8,11-12H2,1-2H3,(H2,19,21,24,25)/t14-/m0/s1. The Kier molecular flexibility index (Phi) is 8.14. The van der Waals surface area contributed by atoms with Crippen molar-refractivity contribution in [1.29, 1.82) is 0 Å². The second kappa shape index (κ2) is 10.6. The minimum atomic E-state index is -0.504. The summed E-state index contributed by atoms with van der Waals surface area (Å²) in [6, 6.07) is 9.02. The lowest BCUT2D eigenvalue weighted by Gasteiger charge is -2.12. The number of thioether (sulfide) groups is 1. The zero-order valence-electron chi connectivity index (χ0n) is 15.1. The van der Waals surface area contributed by atoms with Crippen LogP contribution in [0, 0.1) is 0 Å². The zero-order valence-corrected chi connectivity index (χ0v) is 16.0. The fraction of sp³-hybridized carbons (Fsp3) is 0.444. The topological polar surface area (TPSA) is 88.9 Å². The Morgan fingerprint density at radius 2 is 2.00 bits per heavy atom. The maximum atomic E-state index is 12.2. The Morgan fingerprint density at radius 1 is 1.23 bits per heavy atom. The molecule has 26 heavy (non-hydrogen) atoms. The van der Waals surface area contributed by atoms with Gasteiger partial charge in [-0.3, -0.25) is 10.1 Å². The van der Waals surface area contributed by atoms with Crippen molar-refractivity contribution in [3.8, 4) is 0 Å². The summed E-state index contributed by atoms with van der Waals surface area (Å²) in [6.07, 6.45) is 5.00. The Bertz CT molecular complexity index is 705. The number of rotatable bonds is 9. The highest BCUT2D eigenvalue weighted by molar-refractivity contribution is 8.00. The van der Waals surface area contributed by atoms with E-state index in [1.165, 1.54) is 11.8 Å². The van der Waals surface area contributed by atoms with Crippen LogP contribution in [0.4, 0.5) is 4.79 Å². The fourth-order valence-corrected chi connectivity index (χ4v) is 3.12. The lowest BCUT2D eigenvalue weighted by atomic mass is 10.2. The Hall–Kier alpha value is -2.35. The van der Waals surface area contributed by atoms with E-state index in [1.54, 1.807) is 13.3 Å². The molecule has 8 heteroatoms. The molecule has 2 rings (SSSR count). The highest BCUT2D eigenvalue weighted by Crippen LogP contribution is 2.21. The molecule has 0 bridgehead atoms. The van der Waals surface area contributed by atoms with E-state index in [2.05, 4.69) is 27.8 Å². The molecule has 0 aliphatic carbocycles. The average molecular weight is 375 g/mol. The third-order valence-corrected chi connectivity index (χ3v) is 4.86. The predicted molar refractivity (Wildman–Crippen MR) is 102 cm³/mol. The van der Waals surface area contributed by atoms with Gasteiger partial charge in [0, 0.05) is 13.1 Å². The number of aryl methyl sites for hydroxylation is 1. The third kappa shape index (κ3) is 6.51. The van der Waals surface area contributed by atoms with Crippen LogP contribution in [0.25, 0.3) is 0 Å². The Morgan fingerprint density at radius 3 is 2.73 bits per heavy atom. The Balaban J connectivity index is 1.78. The van der Waals surface area contributed by atoms with Crippen LogP contribution >= 0.6 is 11.8 Å². The van der Waals surface area contributed by atoms with Crippen molar-refractivity contribution < 1.29 is 9.59 Å². The number of nitrogens with one attached hydrogen (secondary N) is 2. The number of hydrogen-bond acceptors (Lipinski definition) is 5. The van der Waals surface area contributed by atoms with Crippen LogP contribution in [0.5, 0.6) is 0 Å². The molecule has 0 saturated carbocycles. The lowest BCUT2D eigenvalue weighted by molar-refractivity contribution is -0.119. The minimum Gasteiger partial charge on any atom is -0.334 e. The largest absolute Gasteiger partial charge is 0.334 e. The van der Waals surface area contributed by atoms with Gasteiger partial charge in [-0.25, -0.2) is 4.79 Å². The van der Waals surface area contributed by atoms with Gasteiger partial charge in [0.2, 0.25) is 5.91 Å². The first-order valence-electron chi connectivity index (χ1n) is 8.77. The van der Waals surface area contributed by atoms with Gasteiger partial charge in [0.15, 0.2) is 5.16 Å². The summed E-state index contributed by atoms with van der Waals surface area (Å²) in [6.45, 7) is 5.09. The van der Waals surface area contributed by atoms with Crippen molar-refractivity contribution in [1.82, 2.24) is 25.4 Å². The van der Waals surface area contributed by atoms with Crippen LogP contribution in [0.15, 0.2) is 41.8 Å². The van der Waals surface area contributed by atoms with Crippen molar-refractivity contribution in [3.05, 3.63) is 42.2 Å². The van der Waals surface area contributed by atoms with E-state index in [-0.39, 0.29) is 5.91 Å². The molecule has 1 heterocycles. The molecule has 2 aromatic rings. The molecule has 0 fully saturated rings. The van der Waals surface area contributed by atoms with Crippen LogP contribution < -0.4 is 10.6 Å². The van der Waals surface area contributed by atoms with Crippen molar-refractivity contribution in [2.75, 3.05) is 0 Å². The molecule has 3 amide bonds. The van der Waals surface area contributed by atoms with E-state index in [1.807, 2.05) is 34.9 Å². The van der Waals surface area contributed by atoms with Crippen LogP contribution in [-0.4, -0.2) is 32.0 Å². The van der Waals surface area contributed by atoms with E-state index < -0.39 is 11.3 Å². The molecule has 140 valence electrons. The number of carbonyl (C=O) groups excluding carboxylic acids is 2. The molecule has 2 N–H and O–H groups in total. The summed E-state index contributed by atoms with van der Waals surface area (Å²) in [5.41, 5.74) is 0.970. The van der Waals surface area contributed by atoms with E-state index in [0.29, 0.717) is 11.7 Å². The molecule has 0 unspecified atom stereocenters. The summed E-state index contributed by atoms with van der Waals surface area (Å²) < 4.78 is 1.94. The van der Waals surface area contributed by atoms with Gasteiger partial charge in [0.05, 0.1) is 5.25 Å². The van der Waals surface area contributed by atoms with Gasteiger partial charge in [0.1, 0.15) is 6.33 Å². The maximum absolute atomic E-state index is 12.2. The van der Waals surface area contributed by atoms with Gasteiger partial charge in [-0.1, -0.05) is 61.9 Å². The summed E-state index contributed by atoms with van der Waals surface area (Å²) in [5.74, 6) is -0.358. The van der Waals surface area contributed by atoms with E-state index in [9.17, 15) is 9.59 Å². The maximum Gasteiger partial charge on any atom is 0.321 e. The fourth-order valence-electron chi connectivity index (χ4n) is 2.27.